The fraction of sp³-hybridized carbons (Fsp3) is 0.261. The Balaban J connectivity index is 1.78. The number of fused-ring (bicyclic) bond motifs is 1. The van der Waals surface area contributed by atoms with Crippen molar-refractivity contribution in [2.45, 2.75) is 13.1 Å². The lowest BCUT2D eigenvalue weighted by Gasteiger charge is -2.20. The maximum atomic E-state index is 11.4. The Bertz CT molecular complexity index is 931. The minimum absolute atomic E-state index is 0.187. The molecule has 0 atom stereocenters. The second-order valence-electron chi connectivity index (χ2n) is 6.81. The molecule has 3 rings (SSSR count). The number of carbonyl (C=O) groups excluding carboxylic acids is 1. The number of hydrogen-bond donors (Lipinski definition) is 1. The third-order valence-corrected chi connectivity index (χ3v) is 4.68. The van der Waals surface area contributed by atoms with E-state index in [9.17, 15) is 4.79 Å². The van der Waals surface area contributed by atoms with E-state index in [4.69, 9.17) is 10.5 Å². The van der Waals surface area contributed by atoms with Crippen molar-refractivity contribution in [3.8, 4) is 0 Å². The predicted molar refractivity (Wildman–Crippen MR) is 114 cm³/mol. The van der Waals surface area contributed by atoms with Crippen LogP contribution in [0, 0.1) is 0 Å². The number of amides is 1. The van der Waals surface area contributed by atoms with Gasteiger partial charge in [0.2, 0.25) is 5.91 Å². The van der Waals surface area contributed by atoms with E-state index in [-0.39, 0.29) is 12.5 Å². The molecule has 0 saturated carbocycles. The van der Waals surface area contributed by atoms with Crippen LogP contribution >= 0.6 is 0 Å². The number of methoxy groups -OCH3 is 1. The van der Waals surface area contributed by atoms with E-state index in [0.717, 1.165) is 30.5 Å². The molecule has 0 spiro atoms. The molecule has 1 amide bonds. The number of nitrogens with two attached hydrogens (primary N) is 1. The maximum Gasteiger partial charge on any atom is 0.237 e. The molecule has 1 aromatic heterocycles. The van der Waals surface area contributed by atoms with Gasteiger partial charge < -0.3 is 15.0 Å². The van der Waals surface area contributed by atoms with Crippen molar-refractivity contribution in [3.63, 3.8) is 0 Å². The van der Waals surface area contributed by atoms with Crippen molar-refractivity contribution in [1.29, 1.82) is 0 Å². The number of aromatic nitrogens is 1. The smallest absolute Gasteiger partial charge is 0.237 e. The van der Waals surface area contributed by atoms with Crippen LogP contribution in [0.3, 0.4) is 0 Å². The van der Waals surface area contributed by atoms with Crippen molar-refractivity contribution < 1.29 is 9.53 Å². The highest BCUT2D eigenvalue weighted by Gasteiger charge is 2.12. The van der Waals surface area contributed by atoms with E-state index < -0.39 is 0 Å². The Morgan fingerprint density at radius 1 is 1.14 bits per heavy atom. The zero-order valence-corrected chi connectivity index (χ0v) is 16.3. The molecule has 0 aliphatic carbocycles. The van der Waals surface area contributed by atoms with Crippen LogP contribution in [0.2, 0.25) is 0 Å². The summed E-state index contributed by atoms with van der Waals surface area (Å²) in [6.07, 6.45) is 6.35. The SMILES string of the molecule is COCCN(C/C=C/c1ccccc1)Cc1cn(CC(N)=O)c2ccccc12. The number of rotatable bonds is 10. The van der Waals surface area contributed by atoms with Gasteiger partial charge in [0.25, 0.3) is 0 Å². The van der Waals surface area contributed by atoms with Crippen molar-refractivity contribution in [2.75, 3.05) is 26.8 Å². The molecule has 0 aliphatic heterocycles. The number of ether oxygens (including phenoxy) is 1. The summed E-state index contributed by atoms with van der Waals surface area (Å²) >= 11 is 0. The van der Waals surface area contributed by atoms with Gasteiger partial charge in [-0.2, -0.15) is 0 Å². The average molecular weight is 377 g/mol. The second kappa shape index (κ2) is 9.88. The molecule has 0 fully saturated rings. The minimum Gasteiger partial charge on any atom is -0.383 e. The van der Waals surface area contributed by atoms with E-state index in [1.54, 1.807) is 7.11 Å². The molecule has 0 radical (unpaired) electrons. The summed E-state index contributed by atoms with van der Waals surface area (Å²) in [5, 5.41) is 1.15. The second-order valence-corrected chi connectivity index (χ2v) is 6.81. The van der Waals surface area contributed by atoms with Gasteiger partial charge in [-0.1, -0.05) is 60.7 Å². The number of nitrogens with zero attached hydrogens (tertiary/aromatic N) is 2. The van der Waals surface area contributed by atoms with Crippen LogP contribution in [0.25, 0.3) is 17.0 Å². The first-order valence-corrected chi connectivity index (χ1v) is 9.45. The van der Waals surface area contributed by atoms with Crippen LogP contribution in [0.5, 0.6) is 0 Å². The highest BCUT2D eigenvalue weighted by atomic mass is 16.5. The highest BCUT2D eigenvalue weighted by Crippen LogP contribution is 2.22. The normalized spacial score (nSPS) is 11.6. The molecule has 3 aromatic rings. The zero-order chi connectivity index (χ0) is 19.8. The maximum absolute atomic E-state index is 11.4. The summed E-state index contributed by atoms with van der Waals surface area (Å²) in [5.74, 6) is -0.339. The minimum atomic E-state index is -0.339. The van der Waals surface area contributed by atoms with E-state index in [0.29, 0.717) is 6.61 Å². The Labute approximate surface area is 166 Å². The van der Waals surface area contributed by atoms with E-state index in [1.165, 1.54) is 11.1 Å². The summed E-state index contributed by atoms with van der Waals surface area (Å²) in [6, 6.07) is 18.4. The molecule has 5 nitrogen and oxygen atoms in total. The Kier molecular flexibility index (Phi) is 7.00. The Morgan fingerprint density at radius 2 is 1.89 bits per heavy atom. The van der Waals surface area contributed by atoms with Gasteiger partial charge in [-0.25, -0.2) is 0 Å². The third-order valence-electron chi connectivity index (χ3n) is 4.68. The lowest BCUT2D eigenvalue weighted by molar-refractivity contribution is -0.118. The van der Waals surface area contributed by atoms with Gasteiger partial charge >= 0.3 is 0 Å². The number of hydrogen-bond acceptors (Lipinski definition) is 3. The summed E-state index contributed by atoms with van der Waals surface area (Å²) in [5.41, 5.74) is 8.82. The molecule has 0 unspecified atom stereocenters. The van der Waals surface area contributed by atoms with Gasteiger partial charge in [0.1, 0.15) is 6.54 Å². The van der Waals surface area contributed by atoms with Gasteiger partial charge in [-0.15, -0.1) is 0 Å². The first-order chi connectivity index (χ1) is 13.7. The third kappa shape index (κ3) is 5.31. The first kappa shape index (κ1) is 19.9. The summed E-state index contributed by atoms with van der Waals surface area (Å²) in [4.78, 5) is 13.8. The van der Waals surface area contributed by atoms with Crippen molar-refractivity contribution in [3.05, 3.63) is 78.0 Å². The fourth-order valence-corrected chi connectivity index (χ4v) is 3.35. The quantitative estimate of drug-likeness (QED) is 0.590. The van der Waals surface area contributed by atoms with Gasteiger partial charge in [-0.05, 0) is 17.2 Å². The summed E-state index contributed by atoms with van der Waals surface area (Å²) in [6.45, 7) is 3.26. The topological polar surface area (TPSA) is 60.5 Å². The lowest BCUT2D eigenvalue weighted by atomic mass is 10.1. The lowest BCUT2D eigenvalue weighted by Crippen LogP contribution is -2.27. The van der Waals surface area contributed by atoms with Crippen LogP contribution in [0.1, 0.15) is 11.1 Å². The fourth-order valence-electron chi connectivity index (χ4n) is 3.35. The molecule has 2 N–H and O–H groups in total. The standard InChI is InChI=1S/C23H27N3O2/c1-28-15-14-25(13-7-10-19-8-3-2-4-9-19)16-20-17-26(18-23(24)27)22-12-6-5-11-21(20)22/h2-12,17H,13-16,18H2,1H3,(H2,24,27)/b10-7+. The number of carbonyl (C=O) groups is 1. The van der Waals surface area contributed by atoms with Crippen LogP contribution in [0.4, 0.5) is 0 Å². The van der Waals surface area contributed by atoms with Gasteiger partial charge in [0.15, 0.2) is 0 Å². The van der Waals surface area contributed by atoms with E-state index in [1.807, 2.05) is 47.2 Å². The van der Waals surface area contributed by atoms with Crippen LogP contribution in [0.15, 0.2) is 66.9 Å². The van der Waals surface area contributed by atoms with Gasteiger partial charge in [-0.3, -0.25) is 9.69 Å². The largest absolute Gasteiger partial charge is 0.383 e. The van der Waals surface area contributed by atoms with Crippen molar-refractivity contribution in [2.24, 2.45) is 5.73 Å². The molecular weight excluding hydrogens is 350 g/mol. The van der Waals surface area contributed by atoms with E-state index in [2.05, 4.69) is 35.3 Å². The Morgan fingerprint density at radius 3 is 2.64 bits per heavy atom. The number of benzene rings is 2. The van der Waals surface area contributed by atoms with Crippen molar-refractivity contribution in [1.82, 2.24) is 9.47 Å². The van der Waals surface area contributed by atoms with Crippen LogP contribution < -0.4 is 5.73 Å². The first-order valence-electron chi connectivity index (χ1n) is 9.45. The molecule has 0 bridgehead atoms. The number of para-hydroxylation sites is 1. The zero-order valence-electron chi connectivity index (χ0n) is 16.3. The molecule has 5 heteroatoms. The molecule has 28 heavy (non-hydrogen) atoms. The molecular formula is C23H27N3O2. The van der Waals surface area contributed by atoms with Crippen LogP contribution in [-0.2, 0) is 22.6 Å². The predicted octanol–water partition coefficient (Wildman–Crippen LogP) is 3.29. The Hall–Kier alpha value is -2.89. The molecule has 0 aliphatic rings. The number of primary amides is 1. The summed E-state index contributed by atoms with van der Waals surface area (Å²) in [7, 11) is 1.72. The highest BCUT2D eigenvalue weighted by molar-refractivity contribution is 5.85. The molecule has 146 valence electrons. The van der Waals surface area contributed by atoms with Gasteiger partial charge in [0.05, 0.1) is 6.61 Å². The van der Waals surface area contributed by atoms with Crippen molar-refractivity contribution >= 4 is 22.9 Å². The van der Waals surface area contributed by atoms with E-state index >= 15 is 0 Å². The molecule has 0 saturated heterocycles. The average Bonchev–Trinajstić information content (AvgIpc) is 3.03. The summed E-state index contributed by atoms with van der Waals surface area (Å²) < 4.78 is 7.22. The monoisotopic (exact) mass is 377 g/mol. The molecule has 1 heterocycles. The van der Waals surface area contributed by atoms with Crippen LogP contribution in [-0.4, -0.2) is 42.2 Å². The molecule has 2 aromatic carbocycles. The van der Waals surface area contributed by atoms with Gasteiger partial charge in [0, 0.05) is 43.8 Å².